The zero-order valence-electron chi connectivity index (χ0n) is 33.6. The van der Waals surface area contributed by atoms with Gasteiger partial charge in [0.15, 0.2) is 8.07 Å². The van der Waals surface area contributed by atoms with Crippen molar-refractivity contribution in [1.29, 1.82) is 0 Å². The first-order valence-electron chi connectivity index (χ1n) is 21.0. The molecule has 0 amide bonds. The van der Waals surface area contributed by atoms with Gasteiger partial charge in [0.25, 0.3) is 0 Å². The summed E-state index contributed by atoms with van der Waals surface area (Å²) < 4.78 is 2.39. The van der Waals surface area contributed by atoms with E-state index in [0.717, 1.165) is 22.7 Å². The van der Waals surface area contributed by atoms with Crippen molar-refractivity contribution in [3.05, 3.63) is 255 Å². The summed E-state index contributed by atoms with van der Waals surface area (Å²) in [5, 5.41) is 10.3. The van der Waals surface area contributed by atoms with Gasteiger partial charge in [-0.15, -0.1) is 0 Å². The highest BCUT2D eigenvalue weighted by Gasteiger charge is 2.41. The number of anilines is 3. The van der Waals surface area contributed by atoms with E-state index in [1.807, 2.05) is 0 Å². The molecule has 2 nitrogen and oxygen atoms in total. The van der Waals surface area contributed by atoms with Crippen LogP contribution in [0, 0.1) is 0 Å². The van der Waals surface area contributed by atoms with E-state index < -0.39 is 8.07 Å². The zero-order valence-corrected chi connectivity index (χ0v) is 34.6. The van der Waals surface area contributed by atoms with Gasteiger partial charge in [0.2, 0.25) is 0 Å². The molecule has 0 bridgehead atoms. The first-order chi connectivity index (χ1) is 30.3. The van der Waals surface area contributed by atoms with E-state index in [2.05, 4.69) is 264 Å². The number of rotatable bonds is 9. The van der Waals surface area contributed by atoms with Crippen molar-refractivity contribution in [1.82, 2.24) is 4.57 Å². The summed E-state index contributed by atoms with van der Waals surface area (Å²) in [5.41, 5.74) is 9.28. The highest BCUT2D eigenvalue weighted by molar-refractivity contribution is 7.19. The van der Waals surface area contributed by atoms with Crippen molar-refractivity contribution in [2.45, 2.75) is 0 Å². The third kappa shape index (κ3) is 6.18. The van der Waals surface area contributed by atoms with Crippen LogP contribution in [0.4, 0.5) is 17.1 Å². The molecule has 0 atom stereocenters. The highest BCUT2D eigenvalue weighted by atomic mass is 28.3. The Bertz CT molecular complexity index is 3180. The van der Waals surface area contributed by atoms with Crippen molar-refractivity contribution in [2.24, 2.45) is 0 Å². The lowest BCUT2D eigenvalue weighted by atomic mass is 9.98. The number of fused-ring (bicyclic) bond motifs is 4. The Morgan fingerprint density at radius 3 is 1.52 bits per heavy atom. The molecule has 10 aromatic carbocycles. The lowest BCUT2D eigenvalue weighted by molar-refractivity contribution is 1.18. The highest BCUT2D eigenvalue weighted by Crippen LogP contribution is 2.43. The van der Waals surface area contributed by atoms with Crippen LogP contribution in [0.5, 0.6) is 0 Å². The largest absolute Gasteiger partial charge is 0.310 e. The van der Waals surface area contributed by atoms with Crippen LogP contribution in [0.25, 0.3) is 49.4 Å². The van der Waals surface area contributed by atoms with E-state index in [1.54, 1.807) is 0 Å². The van der Waals surface area contributed by atoms with E-state index in [1.165, 1.54) is 64.5 Å². The molecule has 1 aromatic heterocycles. The number of para-hydroxylation sites is 2. The molecule has 0 aliphatic heterocycles. The summed E-state index contributed by atoms with van der Waals surface area (Å²) in [6.07, 6.45) is 0. The molecular weight excluding hydrogens is 753 g/mol. The molecule has 0 saturated carbocycles. The van der Waals surface area contributed by atoms with Gasteiger partial charge in [0.05, 0.1) is 16.7 Å². The summed E-state index contributed by atoms with van der Waals surface area (Å²) >= 11 is 0. The first kappa shape index (κ1) is 36.4. The predicted molar refractivity (Wildman–Crippen MR) is 262 cm³/mol. The third-order valence-corrected chi connectivity index (χ3v) is 17.1. The summed E-state index contributed by atoms with van der Waals surface area (Å²) in [5.74, 6) is 0. The van der Waals surface area contributed by atoms with Gasteiger partial charge in [-0.25, -0.2) is 0 Å². The maximum Gasteiger partial charge on any atom is 0.179 e. The summed E-state index contributed by atoms with van der Waals surface area (Å²) in [6, 6.07) is 93.6. The summed E-state index contributed by atoms with van der Waals surface area (Å²) in [4.78, 5) is 2.44. The standard InChI is InChI=1S/C58H42N2Si/c1-5-23-45(24-6-1)60-56-35-16-15-33-54(56)58-53(34-19-37-57(58)60)44-22-17-25-47(42-44)59(55-36-18-21-43-20-13-14-32-52(43)55)46-38-40-51(41-39-46)61(48-26-7-2-8-27-48,49-28-9-3-10-29-49)50-30-11-4-12-31-50/h1-42H. The van der Waals surface area contributed by atoms with Crippen molar-refractivity contribution < 1.29 is 0 Å². The van der Waals surface area contributed by atoms with Crippen LogP contribution in [-0.2, 0) is 0 Å². The lowest BCUT2D eigenvalue weighted by Crippen LogP contribution is -2.74. The van der Waals surface area contributed by atoms with Crippen LogP contribution in [0.3, 0.4) is 0 Å². The maximum atomic E-state index is 2.44. The fourth-order valence-corrected chi connectivity index (χ4v) is 14.4. The molecule has 3 heteroatoms. The molecule has 11 aromatic rings. The fraction of sp³-hybridized carbons (Fsp3) is 0. The quantitative estimate of drug-likeness (QED) is 0.104. The van der Waals surface area contributed by atoms with Gasteiger partial charge in [-0.1, -0.05) is 200 Å². The molecule has 0 aliphatic carbocycles. The number of aromatic nitrogens is 1. The SMILES string of the molecule is c1ccc(-n2c3ccccc3c3c(-c4cccc(N(c5ccc([Si](c6ccccc6)(c6ccccc6)c6ccccc6)cc5)c5cccc6ccccc56)c4)cccc32)cc1. The molecule has 61 heavy (non-hydrogen) atoms. The topological polar surface area (TPSA) is 8.17 Å². The Balaban J connectivity index is 1.11. The molecule has 0 unspecified atom stereocenters. The monoisotopic (exact) mass is 794 g/mol. The van der Waals surface area contributed by atoms with Crippen molar-refractivity contribution >= 4 is 78.5 Å². The van der Waals surface area contributed by atoms with Gasteiger partial charge in [-0.05, 0) is 91.9 Å². The van der Waals surface area contributed by atoms with Gasteiger partial charge >= 0.3 is 0 Å². The van der Waals surface area contributed by atoms with Crippen LogP contribution < -0.4 is 25.6 Å². The minimum absolute atomic E-state index is 1.10. The van der Waals surface area contributed by atoms with E-state index in [-0.39, 0.29) is 0 Å². The summed E-state index contributed by atoms with van der Waals surface area (Å²) in [7, 11) is -2.70. The second-order valence-corrected chi connectivity index (χ2v) is 19.5. The van der Waals surface area contributed by atoms with E-state index in [4.69, 9.17) is 0 Å². The maximum absolute atomic E-state index is 2.70. The summed E-state index contributed by atoms with van der Waals surface area (Å²) in [6.45, 7) is 0. The van der Waals surface area contributed by atoms with Crippen molar-refractivity contribution in [2.75, 3.05) is 4.90 Å². The van der Waals surface area contributed by atoms with Crippen LogP contribution in [0.1, 0.15) is 0 Å². The molecule has 0 N–H and O–H groups in total. The average Bonchev–Trinajstić information content (AvgIpc) is 3.69. The molecular formula is C58H42N2Si. The van der Waals surface area contributed by atoms with Gasteiger partial charge in [-0.2, -0.15) is 0 Å². The zero-order chi connectivity index (χ0) is 40.6. The molecule has 1 heterocycles. The Morgan fingerprint density at radius 1 is 0.344 bits per heavy atom. The second-order valence-electron chi connectivity index (χ2n) is 15.7. The molecule has 0 radical (unpaired) electrons. The van der Waals surface area contributed by atoms with E-state index in [0.29, 0.717) is 0 Å². The fourth-order valence-electron chi connectivity index (χ4n) is 9.68. The lowest BCUT2D eigenvalue weighted by Gasteiger charge is -2.35. The Kier molecular flexibility index (Phi) is 9.22. The molecule has 288 valence electrons. The van der Waals surface area contributed by atoms with Crippen LogP contribution in [-0.4, -0.2) is 12.6 Å². The number of hydrogen-bond acceptors (Lipinski definition) is 1. The van der Waals surface area contributed by atoms with Crippen molar-refractivity contribution in [3.63, 3.8) is 0 Å². The number of nitrogens with zero attached hydrogens (tertiary/aromatic N) is 2. The van der Waals surface area contributed by atoms with Gasteiger partial charge in [0, 0.05) is 33.2 Å². The molecule has 0 fully saturated rings. The number of benzene rings is 10. The van der Waals surface area contributed by atoms with E-state index in [9.17, 15) is 0 Å². The van der Waals surface area contributed by atoms with Crippen LogP contribution in [0.2, 0.25) is 0 Å². The van der Waals surface area contributed by atoms with Crippen molar-refractivity contribution in [3.8, 4) is 16.8 Å². The number of hydrogen-bond donors (Lipinski definition) is 0. The first-order valence-corrected chi connectivity index (χ1v) is 23.0. The molecule has 0 spiro atoms. The Hall–Kier alpha value is -7.72. The van der Waals surface area contributed by atoms with Gasteiger partial charge < -0.3 is 9.47 Å². The minimum atomic E-state index is -2.70. The van der Waals surface area contributed by atoms with E-state index >= 15 is 0 Å². The van der Waals surface area contributed by atoms with Crippen LogP contribution in [0.15, 0.2) is 255 Å². The Morgan fingerprint density at radius 2 is 0.852 bits per heavy atom. The smallest absolute Gasteiger partial charge is 0.179 e. The molecule has 0 aliphatic rings. The van der Waals surface area contributed by atoms with Gasteiger partial charge in [-0.3, -0.25) is 0 Å². The molecule has 0 saturated heterocycles. The third-order valence-electron chi connectivity index (χ3n) is 12.3. The minimum Gasteiger partial charge on any atom is -0.310 e. The molecule has 11 rings (SSSR count). The van der Waals surface area contributed by atoms with Crippen LogP contribution >= 0.6 is 0 Å². The normalized spacial score (nSPS) is 11.6. The van der Waals surface area contributed by atoms with Gasteiger partial charge in [0.1, 0.15) is 0 Å². The Labute approximate surface area is 357 Å². The second kappa shape index (κ2) is 15.5. The predicted octanol–water partition coefficient (Wildman–Crippen LogP) is 12.5. The average molecular weight is 795 g/mol.